The van der Waals surface area contributed by atoms with Gasteiger partial charge in [-0.15, -0.1) is 0 Å². The van der Waals surface area contributed by atoms with Gasteiger partial charge >= 0.3 is 47.0 Å². The number of hydrogen-bond acceptors (Lipinski definition) is 5. The van der Waals surface area contributed by atoms with Crippen LogP contribution in [0.25, 0.3) is 0 Å². The molecule has 0 spiro atoms. The van der Waals surface area contributed by atoms with Crippen LogP contribution in [0, 0.1) is 5.92 Å². The first-order chi connectivity index (χ1) is 9.37. The van der Waals surface area contributed by atoms with Gasteiger partial charge in [0.2, 0.25) is 0 Å². The average Bonchev–Trinajstić information content (AvgIpc) is 2.33. The molecule has 0 amide bonds. The van der Waals surface area contributed by atoms with Crippen LogP contribution in [0.5, 0.6) is 0 Å². The van der Waals surface area contributed by atoms with Crippen molar-refractivity contribution in [3.8, 4) is 0 Å². The molecular weight excluding hydrogens is 350 g/mol. The van der Waals surface area contributed by atoms with Crippen molar-refractivity contribution in [3.63, 3.8) is 0 Å². The zero-order valence-electron chi connectivity index (χ0n) is 11.5. The first-order valence-corrected chi connectivity index (χ1v) is 7.38. The zero-order valence-corrected chi connectivity index (χ0v) is 14.3. The molecule has 0 heterocycles. The normalized spacial score (nSPS) is 19.2. The minimum Gasteiger partial charge on any atom is -0.743 e. The van der Waals surface area contributed by atoms with Gasteiger partial charge in [0.15, 0.2) is 10.1 Å². The Hall–Kier alpha value is 0.0300. The standard InChI is InChI=1S/C10H13F5O5S.Na/c11-9(12,13)8(10(14,15)21(17,18)19)20-7(16)6-4-2-1-3-5-6;/h6,8H,1-5H2,(H,17,18,19);/q;+1/p-1. The Bertz CT molecular complexity index is 486. The van der Waals surface area contributed by atoms with E-state index in [0.29, 0.717) is 12.8 Å². The van der Waals surface area contributed by atoms with E-state index in [1.165, 1.54) is 0 Å². The molecule has 0 bridgehead atoms. The summed E-state index contributed by atoms with van der Waals surface area (Å²) in [6.45, 7) is 0. The number of alkyl halides is 5. The predicted octanol–water partition coefficient (Wildman–Crippen LogP) is -0.817. The van der Waals surface area contributed by atoms with Crippen molar-refractivity contribution in [2.24, 2.45) is 5.92 Å². The molecule has 1 saturated carbocycles. The summed E-state index contributed by atoms with van der Waals surface area (Å²) in [5, 5.41) is -5.78. The SMILES string of the molecule is O=C(OC(C(F)(F)F)C(F)(F)S(=O)(=O)[O-])C1CCCCC1.[Na+]. The number of carbonyl (C=O) groups excluding carboxylic acids is 1. The van der Waals surface area contributed by atoms with E-state index in [-0.39, 0.29) is 42.4 Å². The van der Waals surface area contributed by atoms with Crippen LogP contribution >= 0.6 is 0 Å². The Morgan fingerprint density at radius 3 is 1.91 bits per heavy atom. The monoisotopic (exact) mass is 362 g/mol. The third kappa shape index (κ3) is 5.29. The Morgan fingerprint density at radius 1 is 1.09 bits per heavy atom. The van der Waals surface area contributed by atoms with Gasteiger partial charge in [0, 0.05) is 0 Å². The van der Waals surface area contributed by atoms with Crippen molar-refractivity contribution in [1.82, 2.24) is 0 Å². The van der Waals surface area contributed by atoms with Gasteiger partial charge in [-0.1, -0.05) is 19.3 Å². The van der Waals surface area contributed by atoms with E-state index >= 15 is 0 Å². The van der Waals surface area contributed by atoms with E-state index in [1.54, 1.807) is 0 Å². The fourth-order valence-corrected chi connectivity index (χ4v) is 2.45. The predicted molar refractivity (Wildman–Crippen MR) is 57.2 cm³/mol. The minimum atomic E-state index is -6.64. The average molecular weight is 362 g/mol. The first kappa shape index (κ1) is 22.0. The van der Waals surface area contributed by atoms with Crippen molar-refractivity contribution in [2.45, 2.75) is 49.6 Å². The molecule has 22 heavy (non-hydrogen) atoms. The van der Waals surface area contributed by atoms with Crippen molar-refractivity contribution in [2.75, 3.05) is 0 Å². The topological polar surface area (TPSA) is 83.5 Å². The molecular formula is C10H12F5NaO5S. The van der Waals surface area contributed by atoms with Gasteiger partial charge < -0.3 is 9.29 Å². The van der Waals surface area contributed by atoms with E-state index in [0.717, 1.165) is 6.42 Å². The summed E-state index contributed by atoms with van der Waals surface area (Å²) in [6.07, 6.45) is -8.07. The summed E-state index contributed by atoms with van der Waals surface area (Å²) in [5.41, 5.74) is 0. The van der Waals surface area contributed by atoms with Crippen LogP contribution < -0.4 is 29.6 Å². The Kier molecular flexibility index (Phi) is 7.74. The number of esters is 1. The summed E-state index contributed by atoms with van der Waals surface area (Å²) in [4.78, 5) is 11.5. The van der Waals surface area contributed by atoms with E-state index in [4.69, 9.17) is 0 Å². The number of carbonyl (C=O) groups is 1. The summed E-state index contributed by atoms with van der Waals surface area (Å²) in [6, 6.07) is 0. The number of halogens is 5. The molecule has 0 aromatic heterocycles. The summed E-state index contributed by atoms with van der Waals surface area (Å²) < 4.78 is 98.3. The van der Waals surface area contributed by atoms with Gasteiger partial charge in [0.05, 0.1) is 5.92 Å². The quantitative estimate of drug-likeness (QED) is 0.283. The van der Waals surface area contributed by atoms with Crippen LogP contribution in [0.15, 0.2) is 0 Å². The van der Waals surface area contributed by atoms with Gasteiger partial charge in [-0.25, -0.2) is 8.42 Å². The molecule has 1 atom stereocenters. The molecule has 1 rings (SSSR count). The number of rotatable bonds is 4. The van der Waals surface area contributed by atoms with Gasteiger partial charge in [-0.05, 0) is 12.8 Å². The van der Waals surface area contributed by atoms with Crippen molar-refractivity contribution in [1.29, 1.82) is 0 Å². The maximum Gasteiger partial charge on any atom is 1.00 e. The molecule has 0 aromatic carbocycles. The molecule has 0 aromatic rings. The maximum absolute atomic E-state index is 13.1. The third-order valence-electron chi connectivity index (χ3n) is 3.11. The second kappa shape index (κ2) is 7.73. The number of hydrogen-bond donors (Lipinski definition) is 0. The van der Waals surface area contributed by atoms with Crippen LogP contribution in [-0.2, 0) is 19.6 Å². The Morgan fingerprint density at radius 2 is 1.55 bits per heavy atom. The summed E-state index contributed by atoms with van der Waals surface area (Å²) >= 11 is 0. The second-order valence-electron chi connectivity index (χ2n) is 4.71. The van der Waals surface area contributed by atoms with Crippen molar-refractivity contribution in [3.05, 3.63) is 0 Å². The van der Waals surface area contributed by atoms with Crippen LogP contribution in [0.1, 0.15) is 32.1 Å². The molecule has 0 radical (unpaired) electrons. The van der Waals surface area contributed by atoms with E-state index in [1.807, 2.05) is 0 Å². The molecule has 1 aliphatic carbocycles. The molecule has 1 fully saturated rings. The van der Waals surface area contributed by atoms with E-state index < -0.39 is 39.5 Å². The molecule has 12 heteroatoms. The van der Waals surface area contributed by atoms with Gasteiger partial charge in [0.25, 0.3) is 6.10 Å². The molecule has 1 aliphatic rings. The smallest absolute Gasteiger partial charge is 0.743 e. The van der Waals surface area contributed by atoms with Crippen LogP contribution in [0.2, 0.25) is 0 Å². The fourth-order valence-electron chi connectivity index (χ4n) is 2.01. The van der Waals surface area contributed by atoms with Gasteiger partial charge in [-0.2, -0.15) is 22.0 Å². The fraction of sp³-hybridized carbons (Fsp3) is 0.900. The van der Waals surface area contributed by atoms with Gasteiger partial charge in [-0.3, -0.25) is 4.79 Å². The molecule has 0 saturated heterocycles. The van der Waals surface area contributed by atoms with E-state index in [2.05, 4.69) is 4.74 Å². The second-order valence-corrected chi connectivity index (χ2v) is 6.16. The largest absolute Gasteiger partial charge is 1.00 e. The van der Waals surface area contributed by atoms with Crippen molar-refractivity contribution < 1.29 is 74.0 Å². The van der Waals surface area contributed by atoms with Crippen LogP contribution in [-0.4, -0.2) is 36.5 Å². The van der Waals surface area contributed by atoms with Gasteiger partial charge in [0.1, 0.15) is 0 Å². The summed E-state index contributed by atoms with van der Waals surface area (Å²) in [7, 11) is -6.64. The zero-order chi connectivity index (χ0) is 16.5. The molecule has 124 valence electrons. The van der Waals surface area contributed by atoms with Crippen LogP contribution in [0.4, 0.5) is 22.0 Å². The Balaban J connectivity index is 0.00000441. The summed E-state index contributed by atoms with van der Waals surface area (Å²) in [5.74, 6) is -2.57. The molecule has 0 N–H and O–H groups in total. The third-order valence-corrected chi connectivity index (χ3v) is 3.99. The molecule has 1 unspecified atom stereocenters. The number of ether oxygens (including phenoxy) is 1. The maximum atomic E-state index is 13.1. The van der Waals surface area contributed by atoms with E-state index in [9.17, 15) is 39.7 Å². The van der Waals surface area contributed by atoms with Crippen LogP contribution in [0.3, 0.4) is 0 Å². The molecule has 0 aliphatic heterocycles. The van der Waals surface area contributed by atoms with Crippen molar-refractivity contribution >= 4 is 16.1 Å². The first-order valence-electron chi connectivity index (χ1n) is 5.98. The Labute approximate surface area is 145 Å². The molecule has 5 nitrogen and oxygen atoms in total. The minimum absolute atomic E-state index is 0.